The molecule has 1 amide bonds. The summed E-state index contributed by atoms with van der Waals surface area (Å²) in [5, 5.41) is 10.5. The van der Waals surface area contributed by atoms with Crippen molar-refractivity contribution in [3.8, 4) is 10.6 Å². The third-order valence-electron chi connectivity index (χ3n) is 3.74. The Morgan fingerprint density at radius 1 is 1.12 bits per heavy atom. The number of hydrogen-bond donors (Lipinski definition) is 2. The van der Waals surface area contributed by atoms with E-state index in [2.05, 4.69) is 36.4 Å². The summed E-state index contributed by atoms with van der Waals surface area (Å²) in [6.45, 7) is 6.42. The molecule has 7 heteroatoms. The number of aromatic nitrogens is 1. The minimum absolute atomic E-state index is 0.0526. The zero-order valence-electron chi connectivity index (χ0n) is 14.7. The number of benzene rings is 1. The maximum atomic E-state index is 12.3. The highest BCUT2D eigenvalue weighted by molar-refractivity contribution is 7.80. The lowest BCUT2D eigenvalue weighted by Gasteiger charge is -2.19. The summed E-state index contributed by atoms with van der Waals surface area (Å²) in [5.41, 5.74) is 2.70. The number of nitrogens with one attached hydrogen (secondary N) is 2. The van der Waals surface area contributed by atoms with Crippen LogP contribution in [0.1, 0.15) is 36.7 Å². The first-order valence-corrected chi connectivity index (χ1v) is 10.2. The highest BCUT2D eigenvalue weighted by Crippen LogP contribution is 2.28. The fraction of sp³-hybridized carbons (Fsp3) is 0.211. The van der Waals surface area contributed by atoms with Crippen LogP contribution in [-0.4, -0.2) is 16.0 Å². The number of anilines is 1. The maximum absolute atomic E-state index is 12.3. The molecule has 26 heavy (non-hydrogen) atoms. The third kappa shape index (κ3) is 4.55. The average molecular weight is 402 g/mol. The van der Waals surface area contributed by atoms with Crippen molar-refractivity contribution < 1.29 is 4.79 Å². The number of amides is 1. The number of nitrogens with zero attached hydrogens (tertiary/aromatic N) is 1. The van der Waals surface area contributed by atoms with Gasteiger partial charge in [-0.1, -0.05) is 39.0 Å². The third-order valence-corrected chi connectivity index (χ3v) is 5.59. The SMILES string of the molecule is CC(C)(C)c1ccc(C(=O)NC(=S)Nc2nc(-c3cccs3)cs2)cc1. The summed E-state index contributed by atoms with van der Waals surface area (Å²) in [5.74, 6) is -0.238. The second-order valence-electron chi connectivity index (χ2n) is 6.75. The molecular formula is C19H19N3OS3. The Labute approximate surface area is 166 Å². The van der Waals surface area contributed by atoms with Gasteiger partial charge in [-0.15, -0.1) is 22.7 Å². The van der Waals surface area contributed by atoms with Crippen molar-refractivity contribution in [2.24, 2.45) is 0 Å². The van der Waals surface area contributed by atoms with Gasteiger partial charge in [-0.05, 0) is 46.8 Å². The molecule has 0 aliphatic rings. The Morgan fingerprint density at radius 3 is 2.46 bits per heavy atom. The Morgan fingerprint density at radius 2 is 1.85 bits per heavy atom. The molecule has 0 saturated carbocycles. The predicted molar refractivity (Wildman–Crippen MR) is 114 cm³/mol. The van der Waals surface area contributed by atoms with Crippen molar-refractivity contribution in [1.82, 2.24) is 10.3 Å². The van der Waals surface area contributed by atoms with E-state index in [0.717, 1.165) is 10.6 Å². The molecule has 2 heterocycles. The van der Waals surface area contributed by atoms with Gasteiger partial charge in [-0.2, -0.15) is 0 Å². The molecule has 0 saturated heterocycles. The van der Waals surface area contributed by atoms with Gasteiger partial charge in [-0.25, -0.2) is 4.98 Å². The normalized spacial score (nSPS) is 11.2. The molecule has 0 aliphatic carbocycles. The van der Waals surface area contributed by atoms with Gasteiger partial charge in [0.25, 0.3) is 5.91 Å². The summed E-state index contributed by atoms with van der Waals surface area (Å²) < 4.78 is 0. The zero-order chi connectivity index (χ0) is 18.7. The molecule has 2 aromatic heterocycles. The van der Waals surface area contributed by atoms with Crippen molar-refractivity contribution in [3.63, 3.8) is 0 Å². The van der Waals surface area contributed by atoms with Crippen molar-refractivity contribution in [1.29, 1.82) is 0 Å². The van der Waals surface area contributed by atoms with E-state index in [0.29, 0.717) is 10.7 Å². The van der Waals surface area contributed by atoms with Gasteiger partial charge in [-0.3, -0.25) is 10.1 Å². The zero-order valence-corrected chi connectivity index (χ0v) is 17.1. The topological polar surface area (TPSA) is 54.0 Å². The highest BCUT2D eigenvalue weighted by Gasteiger charge is 2.15. The van der Waals surface area contributed by atoms with E-state index in [1.807, 2.05) is 47.2 Å². The Bertz CT molecular complexity index is 906. The summed E-state index contributed by atoms with van der Waals surface area (Å²) in [6.07, 6.45) is 0. The first kappa shape index (κ1) is 18.7. The van der Waals surface area contributed by atoms with E-state index in [9.17, 15) is 4.79 Å². The highest BCUT2D eigenvalue weighted by atomic mass is 32.1. The van der Waals surface area contributed by atoms with Crippen LogP contribution >= 0.6 is 34.9 Å². The lowest BCUT2D eigenvalue weighted by Crippen LogP contribution is -2.34. The van der Waals surface area contributed by atoms with Crippen LogP contribution in [0.15, 0.2) is 47.2 Å². The number of thiophene rings is 1. The maximum Gasteiger partial charge on any atom is 0.257 e. The van der Waals surface area contributed by atoms with Crippen molar-refractivity contribution >= 4 is 51.0 Å². The van der Waals surface area contributed by atoms with E-state index in [4.69, 9.17) is 12.2 Å². The molecular weight excluding hydrogens is 382 g/mol. The molecule has 2 N–H and O–H groups in total. The number of rotatable bonds is 3. The van der Waals surface area contributed by atoms with Crippen LogP contribution in [0.25, 0.3) is 10.6 Å². The van der Waals surface area contributed by atoms with Crippen LogP contribution in [0.2, 0.25) is 0 Å². The van der Waals surface area contributed by atoms with E-state index in [1.165, 1.54) is 16.9 Å². The molecule has 0 atom stereocenters. The van der Waals surface area contributed by atoms with Gasteiger partial charge in [0.05, 0.1) is 10.6 Å². The van der Waals surface area contributed by atoms with Crippen molar-refractivity contribution in [2.45, 2.75) is 26.2 Å². The fourth-order valence-corrected chi connectivity index (χ4v) is 4.02. The fourth-order valence-electron chi connectivity index (χ4n) is 2.29. The molecule has 1 aromatic carbocycles. The van der Waals surface area contributed by atoms with E-state index >= 15 is 0 Å². The van der Waals surface area contributed by atoms with Gasteiger partial charge in [0, 0.05) is 10.9 Å². The van der Waals surface area contributed by atoms with Crippen molar-refractivity contribution in [2.75, 3.05) is 5.32 Å². The number of thiazole rings is 1. The Balaban J connectivity index is 1.60. The standard InChI is InChI=1S/C19H19N3OS3/c1-19(2,3)13-8-6-12(7-9-13)16(23)21-17(24)22-18-20-14(11-26-18)15-5-4-10-25-15/h4-11H,1-3H3,(H2,20,21,22,23,24). The van der Waals surface area contributed by atoms with Crippen LogP contribution in [0, 0.1) is 0 Å². The monoisotopic (exact) mass is 401 g/mol. The van der Waals surface area contributed by atoms with Crippen molar-refractivity contribution in [3.05, 3.63) is 58.3 Å². The number of thiocarbonyl (C=S) groups is 1. The smallest absolute Gasteiger partial charge is 0.257 e. The summed E-state index contributed by atoms with van der Waals surface area (Å²) in [4.78, 5) is 17.9. The molecule has 0 fully saturated rings. The first-order chi connectivity index (χ1) is 12.3. The molecule has 0 spiro atoms. The number of carbonyl (C=O) groups excluding carboxylic acids is 1. The number of hydrogen-bond acceptors (Lipinski definition) is 5. The summed E-state index contributed by atoms with van der Waals surface area (Å²) in [7, 11) is 0. The van der Waals surface area contributed by atoms with Gasteiger partial charge in [0.15, 0.2) is 10.2 Å². The van der Waals surface area contributed by atoms with E-state index < -0.39 is 0 Å². The molecule has 0 aliphatic heterocycles. The minimum Gasteiger partial charge on any atom is -0.308 e. The molecule has 0 unspecified atom stereocenters. The molecule has 0 radical (unpaired) electrons. The summed E-state index contributed by atoms with van der Waals surface area (Å²) in [6, 6.07) is 11.6. The van der Waals surface area contributed by atoms with Crippen LogP contribution in [0.5, 0.6) is 0 Å². The molecule has 3 aromatic rings. The number of carbonyl (C=O) groups is 1. The average Bonchev–Trinajstić information content (AvgIpc) is 3.25. The lowest BCUT2D eigenvalue weighted by atomic mass is 9.87. The Hall–Kier alpha value is -2.09. The van der Waals surface area contributed by atoms with E-state index in [1.54, 1.807) is 11.3 Å². The largest absolute Gasteiger partial charge is 0.308 e. The van der Waals surface area contributed by atoms with Gasteiger partial charge in [0.2, 0.25) is 0 Å². The van der Waals surface area contributed by atoms with Gasteiger partial charge >= 0.3 is 0 Å². The van der Waals surface area contributed by atoms with Gasteiger partial charge in [0.1, 0.15) is 0 Å². The van der Waals surface area contributed by atoms with Crippen LogP contribution in [0.3, 0.4) is 0 Å². The molecule has 134 valence electrons. The van der Waals surface area contributed by atoms with Gasteiger partial charge < -0.3 is 5.32 Å². The molecule has 0 bridgehead atoms. The molecule has 4 nitrogen and oxygen atoms in total. The summed E-state index contributed by atoms with van der Waals surface area (Å²) >= 11 is 8.31. The van der Waals surface area contributed by atoms with E-state index in [-0.39, 0.29) is 16.4 Å². The van der Waals surface area contributed by atoms with Crippen LogP contribution in [0.4, 0.5) is 5.13 Å². The predicted octanol–water partition coefficient (Wildman–Crippen LogP) is 5.30. The quantitative estimate of drug-likeness (QED) is 0.585. The lowest BCUT2D eigenvalue weighted by molar-refractivity contribution is 0.0977. The van der Waals surface area contributed by atoms with Crippen LogP contribution < -0.4 is 10.6 Å². The second kappa shape index (κ2) is 7.65. The Kier molecular flexibility index (Phi) is 5.50. The molecule has 3 rings (SSSR count). The minimum atomic E-state index is -0.238. The second-order valence-corrected chi connectivity index (χ2v) is 8.96. The van der Waals surface area contributed by atoms with Crippen LogP contribution in [-0.2, 0) is 5.41 Å². The first-order valence-electron chi connectivity index (χ1n) is 8.05.